The van der Waals surface area contributed by atoms with Crippen molar-refractivity contribution >= 4 is 0 Å². The van der Waals surface area contributed by atoms with E-state index >= 15 is 0 Å². The normalized spacial score (nSPS) is 32.1. The Balaban J connectivity index is 1.53. The summed E-state index contributed by atoms with van der Waals surface area (Å²) in [7, 11) is 0. The molecule has 0 bridgehead atoms. The lowest BCUT2D eigenvalue weighted by molar-refractivity contribution is -0.0410. The van der Waals surface area contributed by atoms with Gasteiger partial charge in [-0.3, -0.25) is 0 Å². The Bertz CT molecular complexity index is 221. The molecule has 1 aliphatic heterocycles. The highest BCUT2D eigenvalue weighted by atomic mass is 16.5. The maximum Gasteiger partial charge on any atom is 0.0897 e. The molecule has 0 aromatic rings. The average molecular weight is 243 g/mol. The molecule has 0 aromatic heterocycles. The molecule has 100 valence electrons. The molecule has 1 saturated heterocycles. The van der Waals surface area contributed by atoms with Crippen LogP contribution >= 0.6 is 0 Å². The molecule has 1 heterocycles. The molecule has 0 spiro atoms. The maximum atomic E-state index is 9.79. The van der Waals surface area contributed by atoms with Crippen molar-refractivity contribution in [1.29, 1.82) is 0 Å². The lowest BCUT2D eigenvalue weighted by atomic mass is 9.89. The van der Waals surface area contributed by atoms with Crippen LogP contribution in [0.4, 0.5) is 0 Å². The topological polar surface area (TPSA) is 50.7 Å². The molecule has 1 aliphatic carbocycles. The van der Waals surface area contributed by atoms with Gasteiger partial charge < -0.3 is 19.9 Å². The molecule has 17 heavy (non-hydrogen) atoms. The summed E-state index contributed by atoms with van der Waals surface area (Å²) in [4.78, 5) is 0. The van der Waals surface area contributed by atoms with Crippen LogP contribution in [0.25, 0.3) is 0 Å². The molecule has 1 saturated carbocycles. The van der Waals surface area contributed by atoms with Crippen molar-refractivity contribution in [2.75, 3.05) is 26.4 Å². The third-order valence-electron chi connectivity index (χ3n) is 3.69. The van der Waals surface area contributed by atoms with Gasteiger partial charge in [-0.05, 0) is 18.8 Å². The zero-order chi connectivity index (χ0) is 12.1. The van der Waals surface area contributed by atoms with E-state index in [2.05, 4.69) is 12.2 Å². The monoisotopic (exact) mass is 243 g/mol. The summed E-state index contributed by atoms with van der Waals surface area (Å²) in [6, 6.07) is 0.430. The van der Waals surface area contributed by atoms with Gasteiger partial charge in [0.2, 0.25) is 0 Å². The van der Waals surface area contributed by atoms with E-state index in [1.54, 1.807) is 0 Å². The van der Waals surface area contributed by atoms with Crippen LogP contribution in [0.2, 0.25) is 0 Å². The Morgan fingerprint density at radius 1 is 1.41 bits per heavy atom. The number of rotatable bonds is 6. The predicted molar refractivity (Wildman–Crippen MR) is 66.0 cm³/mol. The molecule has 0 amide bonds. The van der Waals surface area contributed by atoms with Crippen LogP contribution in [-0.4, -0.2) is 49.7 Å². The molecule has 4 nitrogen and oxygen atoms in total. The SMILES string of the molecule is CC1CCCC(OCC(O)CNC2COC2)C1. The van der Waals surface area contributed by atoms with E-state index in [0.717, 1.165) is 32.0 Å². The van der Waals surface area contributed by atoms with Crippen molar-refractivity contribution in [2.24, 2.45) is 5.92 Å². The number of aliphatic hydroxyl groups excluding tert-OH is 1. The van der Waals surface area contributed by atoms with Crippen molar-refractivity contribution in [2.45, 2.75) is 50.9 Å². The molecule has 4 heteroatoms. The summed E-state index contributed by atoms with van der Waals surface area (Å²) < 4.78 is 10.8. The predicted octanol–water partition coefficient (Wildman–Crippen LogP) is 0.931. The molecule has 2 rings (SSSR count). The van der Waals surface area contributed by atoms with Crippen molar-refractivity contribution < 1.29 is 14.6 Å². The summed E-state index contributed by atoms with van der Waals surface area (Å²) >= 11 is 0. The highest BCUT2D eigenvalue weighted by Crippen LogP contribution is 2.25. The van der Waals surface area contributed by atoms with E-state index in [4.69, 9.17) is 9.47 Å². The van der Waals surface area contributed by atoms with E-state index in [1.165, 1.54) is 12.8 Å². The summed E-state index contributed by atoms with van der Waals surface area (Å²) in [6.45, 7) is 4.89. The zero-order valence-corrected chi connectivity index (χ0v) is 10.7. The lowest BCUT2D eigenvalue weighted by Gasteiger charge is -2.29. The molecule has 2 N–H and O–H groups in total. The molecular formula is C13H25NO3. The van der Waals surface area contributed by atoms with Gasteiger partial charge in [0.1, 0.15) is 0 Å². The van der Waals surface area contributed by atoms with Crippen LogP contribution in [0.1, 0.15) is 32.6 Å². The lowest BCUT2D eigenvalue weighted by Crippen LogP contribution is -2.49. The minimum Gasteiger partial charge on any atom is -0.389 e. The highest BCUT2D eigenvalue weighted by Gasteiger charge is 2.21. The van der Waals surface area contributed by atoms with Crippen molar-refractivity contribution in [3.63, 3.8) is 0 Å². The van der Waals surface area contributed by atoms with Gasteiger partial charge in [0.25, 0.3) is 0 Å². The van der Waals surface area contributed by atoms with E-state index in [0.29, 0.717) is 25.3 Å². The van der Waals surface area contributed by atoms with Gasteiger partial charge in [0.05, 0.1) is 38.1 Å². The van der Waals surface area contributed by atoms with Crippen LogP contribution in [0.5, 0.6) is 0 Å². The first-order valence-corrected chi connectivity index (χ1v) is 6.85. The molecule has 3 unspecified atom stereocenters. The van der Waals surface area contributed by atoms with E-state index < -0.39 is 6.10 Å². The first-order chi connectivity index (χ1) is 8.24. The Morgan fingerprint density at radius 3 is 2.88 bits per heavy atom. The van der Waals surface area contributed by atoms with Crippen LogP contribution in [0, 0.1) is 5.92 Å². The fourth-order valence-corrected chi connectivity index (χ4v) is 2.49. The van der Waals surface area contributed by atoms with E-state index in [9.17, 15) is 5.11 Å². The van der Waals surface area contributed by atoms with Crippen LogP contribution < -0.4 is 5.32 Å². The number of hydrogen-bond acceptors (Lipinski definition) is 4. The number of ether oxygens (including phenoxy) is 2. The van der Waals surface area contributed by atoms with E-state index in [-0.39, 0.29) is 0 Å². The molecule has 3 atom stereocenters. The third-order valence-corrected chi connectivity index (χ3v) is 3.69. The minimum absolute atomic E-state index is 0.362. The minimum atomic E-state index is -0.396. The van der Waals surface area contributed by atoms with Gasteiger partial charge >= 0.3 is 0 Å². The molecule has 0 radical (unpaired) electrons. The maximum absolute atomic E-state index is 9.79. The molecule has 2 aliphatic rings. The van der Waals surface area contributed by atoms with Crippen LogP contribution in [-0.2, 0) is 9.47 Å². The second kappa shape index (κ2) is 6.69. The Labute approximate surface area is 104 Å². The van der Waals surface area contributed by atoms with Crippen molar-refractivity contribution in [1.82, 2.24) is 5.32 Å². The molecular weight excluding hydrogens is 218 g/mol. The standard InChI is InChI=1S/C13H25NO3/c1-10-3-2-4-13(5-10)17-9-12(15)6-14-11-7-16-8-11/h10-15H,2-9H2,1H3. The summed E-state index contributed by atoms with van der Waals surface area (Å²) in [5.41, 5.74) is 0. The number of nitrogens with one attached hydrogen (secondary N) is 1. The second-order valence-electron chi connectivity index (χ2n) is 5.52. The Morgan fingerprint density at radius 2 is 2.24 bits per heavy atom. The van der Waals surface area contributed by atoms with Gasteiger partial charge in [-0.2, -0.15) is 0 Å². The van der Waals surface area contributed by atoms with Gasteiger partial charge in [-0.15, -0.1) is 0 Å². The highest BCUT2D eigenvalue weighted by molar-refractivity contribution is 4.75. The van der Waals surface area contributed by atoms with Crippen LogP contribution in [0.15, 0.2) is 0 Å². The van der Waals surface area contributed by atoms with Crippen molar-refractivity contribution in [3.05, 3.63) is 0 Å². The van der Waals surface area contributed by atoms with Gasteiger partial charge in [0, 0.05) is 6.54 Å². The van der Waals surface area contributed by atoms with Crippen LogP contribution in [0.3, 0.4) is 0 Å². The van der Waals surface area contributed by atoms with Gasteiger partial charge in [-0.25, -0.2) is 0 Å². The van der Waals surface area contributed by atoms with Crippen molar-refractivity contribution in [3.8, 4) is 0 Å². The number of hydrogen-bond donors (Lipinski definition) is 2. The Hall–Kier alpha value is -0.160. The summed E-state index contributed by atoms with van der Waals surface area (Å²) in [5.74, 6) is 0.774. The zero-order valence-electron chi connectivity index (χ0n) is 10.7. The summed E-state index contributed by atoms with van der Waals surface area (Å²) in [6.07, 6.45) is 4.86. The first-order valence-electron chi connectivity index (χ1n) is 6.85. The fourth-order valence-electron chi connectivity index (χ4n) is 2.49. The smallest absolute Gasteiger partial charge is 0.0897 e. The molecule has 2 fully saturated rings. The Kier molecular flexibility index (Phi) is 5.22. The first kappa shape index (κ1) is 13.3. The van der Waals surface area contributed by atoms with Gasteiger partial charge in [0.15, 0.2) is 0 Å². The third kappa shape index (κ3) is 4.54. The second-order valence-corrected chi connectivity index (χ2v) is 5.52. The van der Waals surface area contributed by atoms with E-state index in [1.807, 2.05) is 0 Å². The number of aliphatic hydroxyl groups is 1. The molecule has 0 aromatic carbocycles. The quantitative estimate of drug-likeness (QED) is 0.729. The average Bonchev–Trinajstić information content (AvgIpc) is 2.24. The summed E-state index contributed by atoms with van der Waals surface area (Å²) in [5, 5.41) is 13.0. The fraction of sp³-hybridized carbons (Fsp3) is 1.00. The largest absolute Gasteiger partial charge is 0.389 e. The van der Waals surface area contributed by atoms with Gasteiger partial charge in [-0.1, -0.05) is 19.8 Å².